The van der Waals surface area contributed by atoms with E-state index in [1.54, 1.807) is 0 Å². The minimum absolute atomic E-state index is 0.136. The van der Waals surface area contributed by atoms with Crippen LogP contribution < -0.4 is 10.6 Å². The van der Waals surface area contributed by atoms with Crippen molar-refractivity contribution >= 4 is 28.1 Å². The summed E-state index contributed by atoms with van der Waals surface area (Å²) in [7, 11) is 0. The van der Waals surface area contributed by atoms with E-state index in [1.807, 2.05) is 13.8 Å². The van der Waals surface area contributed by atoms with Crippen LogP contribution in [0.15, 0.2) is 24.3 Å². The van der Waals surface area contributed by atoms with E-state index < -0.39 is 11.7 Å². The quantitative estimate of drug-likeness (QED) is 0.662. The van der Waals surface area contributed by atoms with E-state index in [-0.39, 0.29) is 35.4 Å². The predicted octanol–water partition coefficient (Wildman–Crippen LogP) is 4.32. The molecule has 0 bridgehead atoms. The van der Waals surface area contributed by atoms with Crippen molar-refractivity contribution in [3.05, 3.63) is 34.7 Å². The molecule has 9 heteroatoms. The van der Waals surface area contributed by atoms with E-state index in [9.17, 15) is 23.1 Å². The van der Waals surface area contributed by atoms with Gasteiger partial charge in [0.25, 0.3) is 0 Å². The zero-order chi connectivity index (χ0) is 19.3. The van der Waals surface area contributed by atoms with Crippen LogP contribution in [0.2, 0.25) is 0 Å². The normalized spacial score (nSPS) is 11.6. The highest BCUT2D eigenvalue weighted by Gasteiger charge is 2.33. The smallest absolute Gasteiger partial charge is 0.418 e. The van der Waals surface area contributed by atoms with Gasteiger partial charge in [-0.1, -0.05) is 37.3 Å². The lowest BCUT2D eigenvalue weighted by molar-refractivity contribution is -0.137. The molecule has 0 saturated carbocycles. The number of aromatic hydroxyl groups is 1. The molecule has 2 aromatic rings. The third kappa shape index (κ3) is 5.62. The number of para-hydroxylation sites is 1. The van der Waals surface area contributed by atoms with Gasteiger partial charge in [-0.3, -0.25) is 4.79 Å². The van der Waals surface area contributed by atoms with E-state index >= 15 is 0 Å². The fourth-order valence-electron chi connectivity index (χ4n) is 2.15. The van der Waals surface area contributed by atoms with Crippen molar-refractivity contribution in [2.75, 3.05) is 11.9 Å². The summed E-state index contributed by atoms with van der Waals surface area (Å²) in [6.07, 6.45) is -4.07. The lowest BCUT2D eigenvalue weighted by Gasteiger charge is -2.12. The van der Waals surface area contributed by atoms with Gasteiger partial charge in [-0.05, 0) is 24.5 Å². The van der Waals surface area contributed by atoms with E-state index in [4.69, 9.17) is 0 Å². The predicted molar refractivity (Wildman–Crippen MR) is 94.7 cm³/mol. The van der Waals surface area contributed by atoms with Gasteiger partial charge in [0.05, 0.1) is 16.1 Å². The Morgan fingerprint density at radius 2 is 2.00 bits per heavy atom. The van der Waals surface area contributed by atoms with Crippen LogP contribution in [0.1, 0.15) is 30.7 Å². The molecule has 0 aliphatic heterocycles. The lowest BCUT2D eigenvalue weighted by Crippen LogP contribution is -2.27. The number of nitrogens with zero attached hydrogens (tertiary/aromatic N) is 1. The van der Waals surface area contributed by atoms with E-state index in [1.165, 1.54) is 18.2 Å². The number of carbonyl (C=O) groups excluding carboxylic acids is 1. The highest BCUT2D eigenvalue weighted by molar-refractivity contribution is 7.15. The molecule has 1 aromatic carbocycles. The number of amides is 1. The van der Waals surface area contributed by atoms with Crippen LogP contribution in [0.25, 0.3) is 0 Å². The minimum Gasteiger partial charge on any atom is -0.492 e. The van der Waals surface area contributed by atoms with E-state index in [0.29, 0.717) is 17.3 Å². The Morgan fingerprint density at radius 3 is 2.65 bits per heavy atom. The molecule has 0 fully saturated rings. The summed E-state index contributed by atoms with van der Waals surface area (Å²) in [4.78, 5) is 16.0. The largest absolute Gasteiger partial charge is 0.492 e. The summed E-state index contributed by atoms with van der Waals surface area (Å²) in [5, 5.41) is 15.4. The van der Waals surface area contributed by atoms with Crippen molar-refractivity contribution < 1.29 is 23.1 Å². The van der Waals surface area contributed by atoms with Gasteiger partial charge in [-0.15, -0.1) is 0 Å². The van der Waals surface area contributed by atoms with Gasteiger partial charge in [-0.2, -0.15) is 18.2 Å². The van der Waals surface area contributed by atoms with Crippen molar-refractivity contribution in [3.63, 3.8) is 0 Å². The number of aryl methyl sites for hydroxylation is 1. The number of hydrogen-bond donors (Lipinski definition) is 3. The van der Waals surface area contributed by atoms with Crippen LogP contribution in [0.3, 0.4) is 0 Å². The Balaban J connectivity index is 2.04. The highest BCUT2D eigenvalue weighted by atomic mass is 32.1. The van der Waals surface area contributed by atoms with Gasteiger partial charge < -0.3 is 15.7 Å². The lowest BCUT2D eigenvalue weighted by atomic mass is 10.2. The molecule has 3 N–H and O–H groups in total. The Labute approximate surface area is 153 Å². The standard InChI is InChI=1S/C17H20F3N3O2S/c1-10(2)9-21-14(24)8-7-13-15(25)23-16(26-13)22-12-6-4-3-5-11(12)17(18,19)20/h3-6,10,25H,7-9H2,1-2H3,(H,21,24)(H,22,23). The van der Waals surface area contributed by atoms with Gasteiger partial charge in [0, 0.05) is 13.0 Å². The van der Waals surface area contributed by atoms with Crippen molar-refractivity contribution in [1.82, 2.24) is 10.3 Å². The van der Waals surface area contributed by atoms with Crippen molar-refractivity contribution in [3.8, 4) is 5.88 Å². The maximum Gasteiger partial charge on any atom is 0.418 e. The van der Waals surface area contributed by atoms with Crippen LogP contribution in [0.4, 0.5) is 24.0 Å². The summed E-state index contributed by atoms with van der Waals surface area (Å²) >= 11 is 1.02. The van der Waals surface area contributed by atoms with E-state index in [0.717, 1.165) is 17.4 Å². The topological polar surface area (TPSA) is 74.2 Å². The van der Waals surface area contributed by atoms with Gasteiger partial charge in [-0.25, -0.2) is 0 Å². The number of benzene rings is 1. The number of aromatic nitrogens is 1. The molecule has 0 saturated heterocycles. The SMILES string of the molecule is CC(C)CNC(=O)CCc1sc(Nc2ccccc2C(F)(F)F)nc1O. The number of thiazole rings is 1. The molecular weight excluding hydrogens is 367 g/mol. The first-order chi connectivity index (χ1) is 12.2. The molecular formula is C17H20F3N3O2S. The zero-order valence-corrected chi connectivity index (χ0v) is 15.2. The van der Waals surface area contributed by atoms with Gasteiger partial charge in [0.1, 0.15) is 0 Å². The summed E-state index contributed by atoms with van der Waals surface area (Å²) in [6.45, 7) is 4.52. The molecule has 26 heavy (non-hydrogen) atoms. The number of carbonyl (C=O) groups is 1. The molecule has 0 aliphatic carbocycles. The Hall–Kier alpha value is -2.29. The minimum atomic E-state index is -4.50. The second-order valence-corrected chi connectivity index (χ2v) is 7.22. The number of alkyl halides is 3. The molecule has 0 aliphatic rings. The van der Waals surface area contributed by atoms with Gasteiger partial charge >= 0.3 is 6.18 Å². The van der Waals surface area contributed by atoms with Crippen molar-refractivity contribution in [2.24, 2.45) is 5.92 Å². The summed E-state index contributed by atoms with van der Waals surface area (Å²) in [5.74, 6) is -0.0951. The molecule has 5 nitrogen and oxygen atoms in total. The molecule has 0 atom stereocenters. The van der Waals surface area contributed by atoms with Crippen LogP contribution in [-0.2, 0) is 17.4 Å². The number of nitrogens with one attached hydrogen (secondary N) is 2. The summed E-state index contributed by atoms with van der Waals surface area (Å²) in [5.41, 5.74) is -0.959. The van der Waals surface area contributed by atoms with E-state index in [2.05, 4.69) is 15.6 Å². The van der Waals surface area contributed by atoms with Crippen LogP contribution in [0, 0.1) is 5.92 Å². The first-order valence-electron chi connectivity index (χ1n) is 8.05. The summed E-state index contributed by atoms with van der Waals surface area (Å²) in [6, 6.07) is 5.04. The number of halogens is 3. The fourth-order valence-corrected chi connectivity index (χ4v) is 3.02. The number of rotatable bonds is 7. The van der Waals surface area contributed by atoms with Crippen LogP contribution in [0.5, 0.6) is 5.88 Å². The molecule has 1 heterocycles. The second kappa shape index (κ2) is 8.39. The molecule has 0 radical (unpaired) electrons. The van der Waals surface area contributed by atoms with Crippen LogP contribution in [-0.4, -0.2) is 22.5 Å². The molecule has 142 valence electrons. The Kier molecular flexibility index (Phi) is 6.47. The number of anilines is 2. The molecule has 0 unspecified atom stereocenters. The Bertz CT molecular complexity index is 760. The highest BCUT2D eigenvalue weighted by Crippen LogP contribution is 2.37. The maximum absolute atomic E-state index is 13.0. The first-order valence-corrected chi connectivity index (χ1v) is 8.87. The monoisotopic (exact) mass is 387 g/mol. The van der Waals surface area contributed by atoms with Gasteiger partial charge in [0.2, 0.25) is 11.8 Å². The molecule has 1 aromatic heterocycles. The molecule has 0 spiro atoms. The third-order valence-corrected chi connectivity index (χ3v) is 4.46. The maximum atomic E-state index is 13.0. The first kappa shape index (κ1) is 20.0. The Morgan fingerprint density at radius 1 is 1.31 bits per heavy atom. The average molecular weight is 387 g/mol. The van der Waals surface area contributed by atoms with Crippen molar-refractivity contribution in [2.45, 2.75) is 32.9 Å². The van der Waals surface area contributed by atoms with Crippen molar-refractivity contribution in [1.29, 1.82) is 0 Å². The zero-order valence-electron chi connectivity index (χ0n) is 14.4. The summed E-state index contributed by atoms with van der Waals surface area (Å²) < 4.78 is 39.1. The average Bonchev–Trinajstić information content (AvgIpc) is 2.90. The fraction of sp³-hybridized carbons (Fsp3) is 0.412. The van der Waals surface area contributed by atoms with Gasteiger partial charge in [0.15, 0.2) is 5.13 Å². The second-order valence-electron chi connectivity index (χ2n) is 6.13. The third-order valence-electron chi connectivity index (χ3n) is 3.44. The molecule has 1 amide bonds. The van der Waals surface area contributed by atoms with Crippen LogP contribution >= 0.6 is 11.3 Å². The molecule has 2 rings (SSSR count). The number of hydrogen-bond acceptors (Lipinski definition) is 5.